The van der Waals surface area contributed by atoms with Crippen LogP contribution in [0.3, 0.4) is 0 Å². The van der Waals surface area contributed by atoms with Crippen LogP contribution in [0.1, 0.15) is 40.8 Å². The molecule has 2 heterocycles. The fraction of sp³-hybridized carbons (Fsp3) is 0.222. The number of likely N-dealkylation sites (tertiary alicyclic amines) is 1. The number of rotatable bonds is 9. The Morgan fingerprint density at radius 1 is 0.762 bits per heavy atom. The van der Waals surface area contributed by atoms with Crippen molar-refractivity contribution >= 4 is 6.09 Å². The van der Waals surface area contributed by atoms with Gasteiger partial charge in [-0.25, -0.2) is 9.78 Å². The molecule has 1 aliphatic rings. The molecule has 1 N–H and O–H groups in total. The van der Waals surface area contributed by atoms with Crippen LogP contribution >= 0.6 is 0 Å². The quantitative estimate of drug-likeness (QED) is 0.201. The summed E-state index contributed by atoms with van der Waals surface area (Å²) in [5.74, 6) is 0. The van der Waals surface area contributed by atoms with Crippen molar-refractivity contribution in [1.29, 1.82) is 0 Å². The predicted molar refractivity (Wildman–Crippen MR) is 165 cm³/mol. The summed E-state index contributed by atoms with van der Waals surface area (Å²) in [4.78, 5) is 21.3. The lowest BCUT2D eigenvalue weighted by atomic mass is 9.77. The SMILES string of the molecule is O=C(O)N(Cc1cn(C(c2ccccc2)(c2ccccc2)c2ccccc2)cn1)C1CCN(Cc2ccccc2)CC1. The summed E-state index contributed by atoms with van der Waals surface area (Å²) in [6, 6.07) is 41.7. The Bertz CT molecular complexity index is 1470. The summed E-state index contributed by atoms with van der Waals surface area (Å²) in [6.45, 7) is 2.89. The molecule has 4 aromatic carbocycles. The fourth-order valence-corrected chi connectivity index (χ4v) is 6.37. The van der Waals surface area contributed by atoms with E-state index in [1.54, 1.807) is 4.90 Å². The van der Waals surface area contributed by atoms with E-state index in [-0.39, 0.29) is 12.6 Å². The molecule has 0 radical (unpaired) electrons. The lowest BCUT2D eigenvalue weighted by Crippen LogP contribution is -2.46. The van der Waals surface area contributed by atoms with Crippen molar-refractivity contribution in [3.05, 3.63) is 162 Å². The Kier molecular flexibility index (Phi) is 8.15. The van der Waals surface area contributed by atoms with E-state index in [9.17, 15) is 9.90 Å². The minimum atomic E-state index is -0.897. The van der Waals surface area contributed by atoms with E-state index in [2.05, 4.69) is 107 Å². The Labute approximate surface area is 247 Å². The van der Waals surface area contributed by atoms with Crippen LogP contribution in [-0.4, -0.2) is 49.7 Å². The van der Waals surface area contributed by atoms with Gasteiger partial charge in [0.25, 0.3) is 0 Å². The summed E-state index contributed by atoms with van der Waals surface area (Å²) in [5.41, 5.74) is 4.66. The van der Waals surface area contributed by atoms with Crippen LogP contribution in [0.15, 0.2) is 134 Å². The molecule has 0 saturated carbocycles. The highest BCUT2D eigenvalue weighted by molar-refractivity contribution is 5.65. The molecule has 1 amide bonds. The van der Waals surface area contributed by atoms with E-state index >= 15 is 0 Å². The van der Waals surface area contributed by atoms with Crippen LogP contribution < -0.4 is 0 Å². The van der Waals surface area contributed by atoms with Gasteiger partial charge in [0, 0.05) is 31.9 Å². The van der Waals surface area contributed by atoms with Crippen LogP contribution in [0.5, 0.6) is 0 Å². The number of benzene rings is 4. The van der Waals surface area contributed by atoms with Gasteiger partial charge in [0.2, 0.25) is 0 Å². The minimum Gasteiger partial charge on any atom is -0.465 e. The normalized spacial score (nSPS) is 14.5. The topological polar surface area (TPSA) is 61.6 Å². The standard InChI is InChI=1S/C36H36N4O2/c41-35(42)40(34-21-23-38(24-22-34)25-29-13-5-1-6-14-29)27-33-26-39(28-37-33)36(30-15-7-2-8-16-30,31-17-9-3-10-18-31)32-19-11-4-12-20-32/h1-20,26,28,34H,21-25,27H2,(H,41,42). The van der Waals surface area contributed by atoms with E-state index in [0.717, 1.165) is 54.9 Å². The van der Waals surface area contributed by atoms with Gasteiger partial charge in [-0.15, -0.1) is 0 Å². The highest BCUT2D eigenvalue weighted by atomic mass is 16.4. The number of amides is 1. The van der Waals surface area contributed by atoms with Gasteiger partial charge in [-0.1, -0.05) is 121 Å². The monoisotopic (exact) mass is 556 g/mol. The zero-order valence-corrected chi connectivity index (χ0v) is 23.7. The van der Waals surface area contributed by atoms with Crippen molar-refractivity contribution in [3.63, 3.8) is 0 Å². The van der Waals surface area contributed by atoms with Gasteiger partial charge >= 0.3 is 6.09 Å². The average molecular weight is 557 g/mol. The van der Waals surface area contributed by atoms with E-state index in [1.807, 2.05) is 36.8 Å². The largest absolute Gasteiger partial charge is 0.465 e. The van der Waals surface area contributed by atoms with Crippen molar-refractivity contribution in [3.8, 4) is 0 Å². The molecule has 0 spiro atoms. The van der Waals surface area contributed by atoms with Crippen LogP contribution in [0.25, 0.3) is 0 Å². The lowest BCUT2D eigenvalue weighted by Gasteiger charge is -2.37. The zero-order chi connectivity index (χ0) is 28.8. The number of carboxylic acid groups (broad SMARTS) is 1. The van der Waals surface area contributed by atoms with Gasteiger partial charge in [-0.2, -0.15) is 0 Å². The van der Waals surface area contributed by atoms with Crippen LogP contribution in [0.2, 0.25) is 0 Å². The molecule has 1 saturated heterocycles. The first kappa shape index (κ1) is 27.5. The van der Waals surface area contributed by atoms with Gasteiger partial charge in [0.15, 0.2) is 0 Å². The highest BCUT2D eigenvalue weighted by Gasteiger charge is 2.38. The van der Waals surface area contributed by atoms with Crippen molar-refractivity contribution < 1.29 is 9.90 Å². The van der Waals surface area contributed by atoms with Crippen molar-refractivity contribution in [2.24, 2.45) is 0 Å². The van der Waals surface area contributed by atoms with Gasteiger partial charge in [0.1, 0.15) is 5.54 Å². The lowest BCUT2D eigenvalue weighted by molar-refractivity contribution is 0.0840. The summed E-state index contributed by atoms with van der Waals surface area (Å²) < 4.78 is 2.14. The molecule has 0 aliphatic carbocycles. The van der Waals surface area contributed by atoms with Gasteiger partial charge < -0.3 is 9.67 Å². The molecule has 1 aliphatic heterocycles. The number of aromatic nitrogens is 2. The second kappa shape index (κ2) is 12.5. The first-order valence-electron chi connectivity index (χ1n) is 14.6. The summed E-state index contributed by atoms with van der Waals surface area (Å²) in [7, 11) is 0. The van der Waals surface area contributed by atoms with E-state index in [0.29, 0.717) is 0 Å². The molecule has 6 heteroatoms. The predicted octanol–water partition coefficient (Wildman–Crippen LogP) is 6.87. The molecule has 212 valence electrons. The van der Waals surface area contributed by atoms with Crippen LogP contribution in [-0.2, 0) is 18.6 Å². The molecule has 5 aromatic rings. The Morgan fingerprint density at radius 2 is 1.24 bits per heavy atom. The third kappa shape index (κ3) is 5.58. The molecule has 42 heavy (non-hydrogen) atoms. The summed E-state index contributed by atoms with van der Waals surface area (Å²) >= 11 is 0. The molecule has 0 atom stereocenters. The summed E-state index contributed by atoms with van der Waals surface area (Å²) in [5, 5.41) is 10.3. The van der Waals surface area contributed by atoms with E-state index in [1.165, 1.54) is 5.56 Å². The first-order chi connectivity index (χ1) is 20.6. The van der Waals surface area contributed by atoms with Crippen LogP contribution in [0, 0.1) is 0 Å². The maximum Gasteiger partial charge on any atom is 0.407 e. The second-order valence-electron chi connectivity index (χ2n) is 11.0. The second-order valence-corrected chi connectivity index (χ2v) is 11.0. The number of hydrogen-bond acceptors (Lipinski definition) is 3. The Morgan fingerprint density at radius 3 is 1.71 bits per heavy atom. The molecular weight excluding hydrogens is 520 g/mol. The number of nitrogens with zero attached hydrogens (tertiary/aromatic N) is 4. The van der Waals surface area contributed by atoms with Crippen molar-refractivity contribution in [2.75, 3.05) is 13.1 Å². The highest BCUT2D eigenvalue weighted by Crippen LogP contribution is 2.40. The first-order valence-corrected chi connectivity index (χ1v) is 14.6. The van der Waals surface area contributed by atoms with Crippen molar-refractivity contribution in [1.82, 2.24) is 19.4 Å². The Balaban J connectivity index is 1.29. The maximum absolute atomic E-state index is 12.5. The molecule has 6 nitrogen and oxygen atoms in total. The summed E-state index contributed by atoms with van der Waals surface area (Å²) in [6.07, 6.45) is 4.59. The van der Waals surface area contributed by atoms with E-state index in [4.69, 9.17) is 4.98 Å². The molecule has 0 unspecified atom stereocenters. The van der Waals surface area contributed by atoms with Crippen molar-refractivity contribution in [2.45, 2.75) is 37.5 Å². The van der Waals surface area contributed by atoms with Gasteiger partial charge in [-0.3, -0.25) is 9.80 Å². The smallest absolute Gasteiger partial charge is 0.407 e. The minimum absolute atomic E-state index is 0.0400. The molecule has 6 rings (SSSR count). The fourth-order valence-electron chi connectivity index (χ4n) is 6.37. The maximum atomic E-state index is 12.5. The molecular formula is C36H36N4O2. The number of carbonyl (C=O) groups is 1. The molecule has 1 aromatic heterocycles. The molecule has 1 fully saturated rings. The number of hydrogen-bond donors (Lipinski definition) is 1. The average Bonchev–Trinajstić information content (AvgIpc) is 3.52. The molecule has 0 bridgehead atoms. The zero-order valence-electron chi connectivity index (χ0n) is 23.7. The van der Waals surface area contributed by atoms with Crippen LogP contribution in [0.4, 0.5) is 4.79 Å². The third-order valence-electron chi connectivity index (χ3n) is 8.42. The number of imidazole rings is 1. The van der Waals surface area contributed by atoms with E-state index < -0.39 is 11.6 Å². The Hall–Kier alpha value is -4.68. The number of piperidine rings is 1. The third-order valence-corrected chi connectivity index (χ3v) is 8.42. The van der Waals surface area contributed by atoms with Gasteiger partial charge in [0.05, 0.1) is 18.6 Å². The van der Waals surface area contributed by atoms with Gasteiger partial charge in [-0.05, 0) is 35.1 Å².